The van der Waals surface area contributed by atoms with E-state index >= 15 is 0 Å². The molecule has 3 aliphatic rings. The largest absolute Gasteiger partial charge is 0.486 e. The van der Waals surface area contributed by atoms with Crippen molar-refractivity contribution in [3.63, 3.8) is 0 Å². The van der Waals surface area contributed by atoms with Gasteiger partial charge in [0.25, 0.3) is 5.91 Å². The lowest BCUT2D eigenvalue weighted by Gasteiger charge is -2.39. The summed E-state index contributed by atoms with van der Waals surface area (Å²) in [5.74, 6) is 0.736. The highest BCUT2D eigenvalue weighted by Crippen LogP contribution is 2.48. The van der Waals surface area contributed by atoms with Crippen LogP contribution in [0.5, 0.6) is 5.75 Å². The number of nitrogens with two attached hydrogens (primary N) is 1. The Kier molecular flexibility index (Phi) is 3.75. The van der Waals surface area contributed by atoms with Crippen LogP contribution in [0.1, 0.15) is 56.5 Å². The Hall–Kier alpha value is -2.30. The van der Waals surface area contributed by atoms with E-state index in [1.54, 1.807) is 0 Å². The molecule has 1 fully saturated rings. The van der Waals surface area contributed by atoms with Gasteiger partial charge in [-0.1, -0.05) is 26.0 Å². The normalized spacial score (nSPS) is 28.1. The van der Waals surface area contributed by atoms with Crippen LogP contribution in [0.15, 0.2) is 30.0 Å². The number of para-hydroxylation sites is 1. The second-order valence-electron chi connectivity index (χ2n) is 9.66. The number of amides is 1. The number of ketones is 1. The van der Waals surface area contributed by atoms with Gasteiger partial charge in [-0.3, -0.25) is 9.59 Å². The summed E-state index contributed by atoms with van der Waals surface area (Å²) in [5, 5.41) is 0. The molecule has 4 rings (SSSR count). The average molecular weight is 368 g/mol. The maximum atomic E-state index is 13.3. The van der Waals surface area contributed by atoms with E-state index in [2.05, 4.69) is 0 Å². The molecule has 2 heterocycles. The molecule has 5 heteroatoms. The van der Waals surface area contributed by atoms with Crippen LogP contribution in [0.3, 0.4) is 0 Å². The SMILES string of the molecule is CC1(C)Cc2cccc(C(=O)N3CC[C@]4(C=C(N)C(=O)C(C)(C)C4)C3)c2O1. The van der Waals surface area contributed by atoms with E-state index in [4.69, 9.17) is 10.5 Å². The van der Waals surface area contributed by atoms with E-state index in [9.17, 15) is 9.59 Å². The third kappa shape index (κ3) is 2.93. The molecule has 1 amide bonds. The summed E-state index contributed by atoms with van der Waals surface area (Å²) >= 11 is 0. The van der Waals surface area contributed by atoms with Gasteiger partial charge in [-0.25, -0.2) is 0 Å². The van der Waals surface area contributed by atoms with E-state index in [0.29, 0.717) is 24.4 Å². The molecule has 5 nitrogen and oxygen atoms in total. The quantitative estimate of drug-likeness (QED) is 0.827. The number of hydrogen-bond acceptors (Lipinski definition) is 4. The number of nitrogens with zero attached hydrogens (tertiary/aromatic N) is 1. The third-order valence-corrected chi connectivity index (χ3v) is 6.13. The van der Waals surface area contributed by atoms with E-state index in [0.717, 1.165) is 30.6 Å². The van der Waals surface area contributed by atoms with Gasteiger partial charge in [0, 0.05) is 30.3 Å². The molecule has 27 heavy (non-hydrogen) atoms. The van der Waals surface area contributed by atoms with Crippen molar-refractivity contribution in [1.29, 1.82) is 0 Å². The van der Waals surface area contributed by atoms with Crippen LogP contribution in [0.2, 0.25) is 0 Å². The Morgan fingerprint density at radius 2 is 1.96 bits per heavy atom. The summed E-state index contributed by atoms with van der Waals surface area (Å²) < 4.78 is 6.08. The van der Waals surface area contributed by atoms with Crippen molar-refractivity contribution >= 4 is 11.7 Å². The molecule has 1 spiro atoms. The highest BCUT2D eigenvalue weighted by molar-refractivity contribution is 6.00. The number of benzene rings is 1. The van der Waals surface area contributed by atoms with Crippen LogP contribution < -0.4 is 10.5 Å². The van der Waals surface area contributed by atoms with Crippen molar-refractivity contribution in [1.82, 2.24) is 4.90 Å². The number of fused-ring (bicyclic) bond motifs is 1. The van der Waals surface area contributed by atoms with Crippen molar-refractivity contribution in [2.75, 3.05) is 13.1 Å². The van der Waals surface area contributed by atoms with Gasteiger partial charge in [-0.15, -0.1) is 0 Å². The molecule has 1 aromatic carbocycles. The Morgan fingerprint density at radius 3 is 2.67 bits per heavy atom. The molecule has 0 unspecified atom stereocenters. The summed E-state index contributed by atoms with van der Waals surface area (Å²) in [6.45, 7) is 9.24. The van der Waals surface area contributed by atoms with E-state index < -0.39 is 5.41 Å². The van der Waals surface area contributed by atoms with E-state index in [1.165, 1.54) is 0 Å². The van der Waals surface area contributed by atoms with Crippen LogP contribution in [0.25, 0.3) is 0 Å². The monoisotopic (exact) mass is 368 g/mol. The first-order chi connectivity index (χ1) is 12.5. The molecule has 0 bridgehead atoms. The lowest BCUT2D eigenvalue weighted by atomic mass is 9.65. The van der Waals surface area contributed by atoms with Crippen LogP contribution >= 0.6 is 0 Å². The van der Waals surface area contributed by atoms with Gasteiger partial charge in [-0.05, 0) is 44.4 Å². The number of likely N-dealkylation sites (tertiary alicyclic amines) is 1. The first kappa shape index (κ1) is 18.1. The zero-order valence-corrected chi connectivity index (χ0v) is 16.6. The first-order valence-corrected chi connectivity index (χ1v) is 9.65. The van der Waals surface area contributed by atoms with Crippen LogP contribution in [0, 0.1) is 10.8 Å². The van der Waals surface area contributed by atoms with Gasteiger partial charge in [-0.2, -0.15) is 0 Å². The van der Waals surface area contributed by atoms with Crippen LogP contribution in [-0.4, -0.2) is 35.3 Å². The first-order valence-electron chi connectivity index (χ1n) is 9.65. The van der Waals surface area contributed by atoms with Gasteiger partial charge in [0.15, 0.2) is 5.78 Å². The maximum absolute atomic E-state index is 13.3. The summed E-state index contributed by atoms with van der Waals surface area (Å²) in [5.41, 5.74) is 7.12. The van der Waals surface area contributed by atoms with Crippen molar-refractivity contribution in [3.05, 3.63) is 41.1 Å². The zero-order chi connectivity index (χ0) is 19.6. The number of hydrogen-bond donors (Lipinski definition) is 1. The lowest BCUT2D eigenvalue weighted by molar-refractivity contribution is -0.125. The second-order valence-corrected chi connectivity index (χ2v) is 9.66. The Balaban J connectivity index is 1.60. The Bertz CT molecular complexity index is 868. The standard InChI is InChI=1S/C22H28N2O3/c1-20(2)12-22(11-16(23)18(20)25)8-9-24(13-22)19(26)15-7-5-6-14-10-21(3,4)27-17(14)15/h5-7,11H,8-10,12-13,23H2,1-4H3/t22-/m1/s1. The topological polar surface area (TPSA) is 72.6 Å². The number of rotatable bonds is 1. The number of Topliss-reactive ketones (excluding diaryl/α,β-unsaturated/α-hetero) is 1. The number of carbonyl (C=O) groups is 2. The fraction of sp³-hybridized carbons (Fsp3) is 0.545. The smallest absolute Gasteiger partial charge is 0.257 e. The van der Waals surface area contributed by atoms with Gasteiger partial charge < -0.3 is 15.4 Å². The molecular weight excluding hydrogens is 340 g/mol. The molecule has 2 aliphatic heterocycles. The van der Waals surface area contributed by atoms with Crippen molar-refractivity contribution < 1.29 is 14.3 Å². The lowest BCUT2D eigenvalue weighted by Crippen LogP contribution is -2.42. The molecule has 0 saturated carbocycles. The summed E-state index contributed by atoms with van der Waals surface area (Å²) in [7, 11) is 0. The van der Waals surface area contributed by atoms with Crippen molar-refractivity contribution in [3.8, 4) is 5.75 Å². The molecule has 1 atom stereocenters. The third-order valence-electron chi connectivity index (χ3n) is 6.13. The predicted octanol–water partition coefficient (Wildman–Crippen LogP) is 3.07. The maximum Gasteiger partial charge on any atom is 0.257 e. The molecular formula is C22H28N2O3. The summed E-state index contributed by atoms with van der Waals surface area (Å²) in [4.78, 5) is 27.5. The number of ether oxygens (including phenoxy) is 1. The fourth-order valence-electron chi connectivity index (χ4n) is 5.08. The molecule has 1 saturated heterocycles. The summed E-state index contributed by atoms with van der Waals surface area (Å²) in [6, 6.07) is 5.82. The minimum absolute atomic E-state index is 0.00287. The van der Waals surface area contributed by atoms with Crippen molar-refractivity contribution in [2.45, 2.75) is 52.6 Å². The number of allylic oxidation sites excluding steroid dienone is 1. The Labute approximate surface area is 160 Å². The second kappa shape index (κ2) is 5.60. The van der Waals surface area contributed by atoms with Gasteiger partial charge in [0.05, 0.1) is 11.3 Å². The van der Waals surface area contributed by atoms with E-state index in [1.807, 2.05) is 56.9 Å². The summed E-state index contributed by atoms with van der Waals surface area (Å²) in [6.07, 6.45) is 4.27. The van der Waals surface area contributed by atoms with Gasteiger partial charge in [0.1, 0.15) is 11.4 Å². The minimum atomic E-state index is -0.487. The van der Waals surface area contributed by atoms with Gasteiger partial charge in [0.2, 0.25) is 0 Å². The highest BCUT2D eigenvalue weighted by atomic mass is 16.5. The molecule has 0 aromatic heterocycles. The predicted molar refractivity (Wildman–Crippen MR) is 103 cm³/mol. The fourth-order valence-corrected chi connectivity index (χ4v) is 5.08. The Morgan fingerprint density at radius 1 is 1.22 bits per heavy atom. The average Bonchev–Trinajstić information content (AvgIpc) is 3.10. The molecule has 144 valence electrons. The molecule has 0 radical (unpaired) electrons. The molecule has 1 aliphatic carbocycles. The number of carbonyl (C=O) groups excluding carboxylic acids is 2. The highest BCUT2D eigenvalue weighted by Gasteiger charge is 2.48. The van der Waals surface area contributed by atoms with Crippen molar-refractivity contribution in [2.24, 2.45) is 16.6 Å². The minimum Gasteiger partial charge on any atom is -0.486 e. The van der Waals surface area contributed by atoms with E-state index in [-0.39, 0.29) is 22.7 Å². The van der Waals surface area contributed by atoms with Crippen LogP contribution in [-0.2, 0) is 11.2 Å². The van der Waals surface area contributed by atoms with Crippen LogP contribution in [0.4, 0.5) is 0 Å². The molecule has 2 N–H and O–H groups in total. The zero-order valence-electron chi connectivity index (χ0n) is 16.6. The molecule has 1 aromatic rings. The van der Waals surface area contributed by atoms with Gasteiger partial charge >= 0.3 is 0 Å².